The third-order valence-electron chi connectivity index (χ3n) is 3.05. The van der Waals surface area contributed by atoms with Crippen molar-refractivity contribution in [2.24, 2.45) is 0 Å². The normalized spacial score (nSPS) is 12.0. The number of nitrogens with one attached hydrogen (secondary N) is 1. The molecule has 21 heavy (non-hydrogen) atoms. The first-order valence-electron chi connectivity index (χ1n) is 5.97. The maximum atomic E-state index is 12.7. The van der Waals surface area contributed by atoms with Crippen LogP contribution in [0.5, 0.6) is 0 Å². The molecule has 0 aliphatic heterocycles. The van der Waals surface area contributed by atoms with Crippen LogP contribution in [0.4, 0.5) is 18.9 Å². The standard InChI is InChI=1S/C14H9BrF3N3/c15-10-3-2-8(19)6-9(10)13-20-11-4-1-7(14(16,17)18)5-12(11)21-13/h1-6H,19H2,(H,20,21). The quantitative estimate of drug-likeness (QED) is 0.627. The van der Waals surface area contributed by atoms with Gasteiger partial charge in [0.05, 0.1) is 16.6 Å². The predicted octanol–water partition coefficient (Wildman–Crippen LogP) is 4.59. The molecule has 0 bridgehead atoms. The van der Waals surface area contributed by atoms with Gasteiger partial charge >= 0.3 is 6.18 Å². The van der Waals surface area contributed by atoms with Crippen LogP contribution in [0.2, 0.25) is 0 Å². The summed E-state index contributed by atoms with van der Waals surface area (Å²) in [6, 6.07) is 8.59. The molecule has 3 N–H and O–H groups in total. The van der Waals surface area contributed by atoms with E-state index in [-0.39, 0.29) is 0 Å². The number of hydrogen-bond acceptors (Lipinski definition) is 2. The number of alkyl halides is 3. The van der Waals surface area contributed by atoms with E-state index in [1.54, 1.807) is 18.2 Å². The number of rotatable bonds is 1. The Morgan fingerprint density at radius 2 is 1.86 bits per heavy atom. The third-order valence-corrected chi connectivity index (χ3v) is 3.75. The smallest absolute Gasteiger partial charge is 0.399 e. The Hall–Kier alpha value is -2.02. The Morgan fingerprint density at radius 3 is 2.57 bits per heavy atom. The van der Waals surface area contributed by atoms with Gasteiger partial charge in [-0.1, -0.05) is 15.9 Å². The maximum Gasteiger partial charge on any atom is 0.416 e. The van der Waals surface area contributed by atoms with Gasteiger partial charge in [-0.3, -0.25) is 0 Å². The van der Waals surface area contributed by atoms with Crippen molar-refractivity contribution < 1.29 is 13.2 Å². The van der Waals surface area contributed by atoms with Crippen molar-refractivity contribution >= 4 is 32.7 Å². The fourth-order valence-corrected chi connectivity index (χ4v) is 2.47. The Morgan fingerprint density at radius 1 is 1.10 bits per heavy atom. The van der Waals surface area contributed by atoms with Crippen molar-refractivity contribution in [2.75, 3.05) is 5.73 Å². The number of nitrogens with zero attached hydrogens (tertiary/aromatic N) is 1. The summed E-state index contributed by atoms with van der Waals surface area (Å²) in [6.07, 6.45) is -4.38. The summed E-state index contributed by atoms with van der Waals surface area (Å²) in [5, 5.41) is 0. The molecule has 1 heterocycles. The lowest BCUT2D eigenvalue weighted by molar-refractivity contribution is -0.137. The average Bonchev–Trinajstić information content (AvgIpc) is 2.83. The van der Waals surface area contributed by atoms with Gasteiger partial charge in [0.1, 0.15) is 5.82 Å². The van der Waals surface area contributed by atoms with Gasteiger partial charge in [0, 0.05) is 15.7 Å². The van der Waals surface area contributed by atoms with Gasteiger partial charge in [-0.2, -0.15) is 13.2 Å². The Kier molecular flexibility index (Phi) is 3.16. The molecule has 0 radical (unpaired) electrons. The molecule has 3 nitrogen and oxygen atoms in total. The van der Waals surface area contributed by atoms with Crippen LogP contribution in [0.3, 0.4) is 0 Å². The molecular formula is C14H9BrF3N3. The van der Waals surface area contributed by atoms with E-state index in [0.29, 0.717) is 28.1 Å². The number of aromatic nitrogens is 2. The lowest BCUT2D eigenvalue weighted by atomic mass is 10.2. The van der Waals surface area contributed by atoms with E-state index in [9.17, 15) is 13.2 Å². The van der Waals surface area contributed by atoms with Gasteiger partial charge in [0.2, 0.25) is 0 Å². The van der Waals surface area contributed by atoms with E-state index < -0.39 is 11.7 Å². The summed E-state index contributed by atoms with van der Waals surface area (Å²) < 4.78 is 38.9. The topological polar surface area (TPSA) is 54.7 Å². The molecule has 3 aromatic rings. The fourth-order valence-electron chi connectivity index (χ4n) is 2.04. The van der Waals surface area contributed by atoms with Crippen LogP contribution >= 0.6 is 15.9 Å². The molecule has 108 valence electrons. The molecule has 0 atom stereocenters. The highest BCUT2D eigenvalue weighted by Gasteiger charge is 2.30. The number of halogens is 4. The van der Waals surface area contributed by atoms with E-state index in [1.165, 1.54) is 6.07 Å². The molecule has 2 aromatic carbocycles. The molecule has 0 aliphatic rings. The molecule has 0 amide bonds. The SMILES string of the molecule is Nc1ccc(Br)c(-c2nc3ccc(C(F)(F)F)cc3[nH]2)c1. The number of nitrogens with two attached hydrogens (primary N) is 1. The number of imidazole rings is 1. The van der Waals surface area contributed by atoms with Crippen LogP contribution in [0, 0.1) is 0 Å². The minimum atomic E-state index is -4.38. The summed E-state index contributed by atoms with van der Waals surface area (Å²) in [7, 11) is 0. The molecule has 1 aromatic heterocycles. The fraction of sp³-hybridized carbons (Fsp3) is 0.0714. The van der Waals surface area contributed by atoms with Gasteiger partial charge in [0.15, 0.2) is 0 Å². The summed E-state index contributed by atoms with van der Waals surface area (Å²) in [5.41, 5.74) is 7.05. The van der Waals surface area contributed by atoms with Crippen molar-refractivity contribution in [1.29, 1.82) is 0 Å². The summed E-state index contributed by atoms with van der Waals surface area (Å²) >= 11 is 3.38. The average molecular weight is 356 g/mol. The van der Waals surface area contributed by atoms with Crippen molar-refractivity contribution in [3.8, 4) is 11.4 Å². The second kappa shape index (κ2) is 4.77. The zero-order valence-electron chi connectivity index (χ0n) is 10.5. The van der Waals surface area contributed by atoms with E-state index in [2.05, 4.69) is 25.9 Å². The predicted molar refractivity (Wildman–Crippen MR) is 78.6 cm³/mol. The number of hydrogen-bond donors (Lipinski definition) is 2. The minimum absolute atomic E-state index is 0.328. The molecular weight excluding hydrogens is 347 g/mol. The molecule has 7 heteroatoms. The highest BCUT2D eigenvalue weighted by Crippen LogP contribution is 2.33. The number of H-pyrrole nitrogens is 1. The highest BCUT2D eigenvalue weighted by atomic mass is 79.9. The zero-order valence-corrected chi connectivity index (χ0v) is 12.1. The van der Waals surface area contributed by atoms with E-state index in [4.69, 9.17) is 5.73 Å². The number of aromatic amines is 1. The van der Waals surface area contributed by atoms with Crippen molar-refractivity contribution in [3.63, 3.8) is 0 Å². The Balaban J connectivity index is 2.15. The molecule has 0 aliphatic carbocycles. The van der Waals surface area contributed by atoms with Gasteiger partial charge in [-0.15, -0.1) is 0 Å². The largest absolute Gasteiger partial charge is 0.416 e. The minimum Gasteiger partial charge on any atom is -0.399 e. The second-order valence-electron chi connectivity index (χ2n) is 4.55. The first-order chi connectivity index (χ1) is 9.84. The van der Waals surface area contributed by atoms with Crippen molar-refractivity contribution in [2.45, 2.75) is 6.18 Å². The van der Waals surface area contributed by atoms with Crippen LogP contribution < -0.4 is 5.73 Å². The van der Waals surface area contributed by atoms with E-state index in [1.807, 2.05) is 0 Å². The highest BCUT2D eigenvalue weighted by molar-refractivity contribution is 9.10. The number of anilines is 1. The van der Waals surface area contributed by atoms with Gasteiger partial charge in [0.25, 0.3) is 0 Å². The van der Waals surface area contributed by atoms with Crippen LogP contribution in [0.1, 0.15) is 5.56 Å². The van der Waals surface area contributed by atoms with Crippen LogP contribution in [0.25, 0.3) is 22.4 Å². The molecule has 0 spiro atoms. The van der Waals surface area contributed by atoms with Crippen molar-refractivity contribution in [3.05, 3.63) is 46.4 Å². The van der Waals surface area contributed by atoms with E-state index in [0.717, 1.165) is 16.6 Å². The number of nitrogen functional groups attached to an aromatic ring is 1. The Labute approximate surface area is 126 Å². The van der Waals surface area contributed by atoms with E-state index >= 15 is 0 Å². The summed E-state index contributed by atoms with van der Waals surface area (Å²) in [5.74, 6) is 0.462. The molecule has 0 fully saturated rings. The van der Waals surface area contributed by atoms with Crippen LogP contribution in [-0.4, -0.2) is 9.97 Å². The monoisotopic (exact) mass is 355 g/mol. The van der Waals surface area contributed by atoms with Crippen LogP contribution in [0.15, 0.2) is 40.9 Å². The zero-order chi connectivity index (χ0) is 15.2. The first-order valence-corrected chi connectivity index (χ1v) is 6.76. The van der Waals surface area contributed by atoms with Gasteiger partial charge in [-0.25, -0.2) is 4.98 Å². The number of fused-ring (bicyclic) bond motifs is 1. The number of benzene rings is 2. The van der Waals surface area contributed by atoms with Crippen molar-refractivity contribution in [1.82, 2.24) is 9.97 Å². The summed E-state index contributed by atoms with van der Waals surface area (Å²) in [6.45, 7) is 0. The molecule has 0 saturated carbocycles. The third kappa shape index (κ3) is 2.61. The van der Waals surface area contributed by atoms with Gasteiger partial charge < -0.3 is 10.7 Å². The first kappa shape index (κ1) is 13.9. The Bertz CT molecular complexity index is 824. The lowest BCUT2D eigenvalue weighted by Gasteiger charge is -2.05. The van der Waals surface area contributed by atoms with Crippen LogP contribution in [-0.2, 0) is 6.18 Å². The summed E-state index contributed by atoms with van der Waals surface area (Å²) in [4.78, 5) is 7.20. The lowest BCUT2D eigenvalue weighted by Crippen LogP contribution is -2.04. The maximum absolute atomic E-state index is 12.7. The van der Waals surface area contributed by atoms with Gasteiger partial charge in [-0.05, 0) is 36.4 Å². The second-order valence-corrected chi connectivity index (χ2v) is 5.41. The molecule has 0 saturated heterocycles. The molecule has 0 unspecified atom stereocenters. The molecule has 3 rings (SSSR count).